The van der Waals surface area contributed by atoms with Crippen LogP contribution in [0.5, 0.6) is 5.88 Å². The van der Waals surface area contributed by atoms with Crippen molar-refractivity contribution in [1.82, 2.24) is 10.3 Å². The zero-order valence-electron chi connectivity index (χ0n) is 11.6. The van der Waals surface area contributed by atoms with Crippen LogP contribution in [0.4, 0.5) is 0 Å². The minimum absolute atomic E-state index is 0.332. The quantitative estimate of drug-likeness (QED) is 0.685. The Morgan fingerprint density at radius 2 is 2.11 bits per heavy atom. The molecule has 0 amide bonds. The fraction of sp³-hybridized carbons (Fsp3) is 0.643. The molecule has 102 valence electrons. The summed E-state index contributed by atoms with van der Waals surface area (Å²) in [6, 6.07) is 5.81. The van der Waals surface area contributed by atoms with Crippen LogP contribution in [0.25, 0.3) is 0 Å². The van der Waals surface area contributed by atoms with E-state index in [0.717, 1.165) is 38.2 Å². The summed E-state index contributed by atoms with van der Waals surface area (Å²) in [7, 11) is 1.63. The Kier molecular flexibility index (Phi) is 7.37. The van der Waals surface area contributed by atoms with Gasteiger partial charge in [0.25, 0.3) is 0 Å². The topological polar surface area (TPSA) is 43.4 Å². The molecule has 0 aromatic carbocycles. The first-order chi connectivity index (χ1) is 8.72. The van der Waals surface area contributed by atoms with Crippen molar-refractivity contribution in [3.8, 4) is 5.88 Å². The third-order valence-corrected chi connectivity index (χ3v) is 2.50. The van der Waals surface area contributed by atoms with Gasteiger partial charge >= 0.3 is 0 Å². The molecule has 1 aromatic heterocycles. The monoisotopic (exact) mass is 252 g/mol. The first-order valence-corrected chi connectivity index (χ1v) is 6.54. The summed E-state index contributed by atoms with van der Waals surface area (Å²) >= 11 is 0. The molecule has 1 rings (SSSR count). The largest absolute Gasteiger partial charge is 0.481 e. The molecule has 0 fully saturated rings. The number of nitrogens with one attached hydrogen (secondary N) is 1. The van der Waals surface area contributed by atoms with E-state index in [9.17, 15) is 0 Å². The fourth-order valence-electron chi connectivity index (χ4n) is 1.56. The van der Waals surface area contributed by atoms with Crippen LogP contribution in [-0.2, 0) is 11.3 Å². The molecule has 4 heteroatoms. The number of rotatable bonds is 9. The highest BCUT2D eigenvalue weighted by Crippen LogP contribution is 2.06. The lowest BCUT2D eigenvalue weighted by Crippen LogP contribution is -2.16. The van der Waals surface area contributed by atoms with Gasteiger partial charge in [-0.15, -0.1) is 0 Å². The highest BCUT2D eigenvalue weighted by atomic mass is 16.5. The van der Waals surface area contributed by atoms with E-state index >= 15 is 0 Å². The van der Waals surface area contributed by atoms with Crippen LogP contribution in [0, 0.1) is 0 Å². The number of hydrogen-bond acceptors (Lipinski definition) is 4. The maximum Gasteiger partial charge on any atom is 0.213 e. The number of pyridine rings is 1. The van der Waals surface area contributed by atoms with Crippen LogP contribution in [0.15, 0.2) is 18.2 Å². The van der Waals surface area contributed by atoms with Crippen molar-refractivity contribution in [3.63, 3.8) is 0 Å². The second-order valence-electron chi connectivity index (χ2n) is 4.47. The maximum atomic E-state index is 5.48. The van der Waals surface area contributed by atoms with E-state index in [1.165, 1.54) is 0 Å². The lowest BCUT2D eigenvalue weighted by atomic mass is 10.3. The summed E-state index contributed by atoms with van der Waals surface area (Å²) in [4.78, 5) is 4.34. The zero-order valence-corrected chi connectivity index (χ0v) is 11.6. The molecule has 4 nitrogen and oxygen atoms in total. The SMILES string of the molecule is COc1cccc(CNCCCCOC(C)C)n1. The standard InChI is InChI=1S/C14H24N2O2/c1-12(2)18-10-5-4-9-15-11-13-7-6-8-14(16-13)17-3/h6-8,12,15H,4-5,9-11H2,1-3H3. The third kappa shape index (κ3) is 6.57. The molecular formula is C14H24N2O2. The average molecular weight is 252 g/mol. The van der Waals surface area contributed by atoms with E-state index in [1.54, 1.807) is 7.11 Å². The summed E-state index contributed by atoms with van der Waals surface area (Å²) < 4.78 is 10.6. The van der Waals surface area contributed by atoms with Crippen molar-refractivity contribution in [2.45, 2.75) is 39.3 Å². The van der Waals surface area contributed by atoms with Crippen molar-refractivity contribution >= 4 is 0 Å². The predicted octanol–water partition coefficient (Wildman–Crippen LogP) is 2.39. The molecule has 0 aliphatic heterocycles. The van der Waals surface area contributed by atoms with E-state index < -0.39 is 0 Å². The number of hydrogen-bond donors (Lipinski definition) is 1. The van der Waals surface area contributed by atoms with Gasteiger partial charge in [-0.3, -0.25) is 0 Å². The second-order valence-corrected chi connectivity index (χ2v) is 4.47. The summed E-state index contributed by atoms with van der Waals surface area (Å²) in [6.45, 7) is 6.73. The van der Waals surface area contributed by atoms with Gasteiger partial charge in [-0.1, -0.05) is 6.07 Å². The van der Waals surface area contributed by atoms with E-state index in [0.29, 0.717) is 12.0 Å². The van der Waals surface area contributed by atoms with E-state index in [1.807, 2.05) is 18.2 Å². The predicted molar refractivity (Wildman–Crippen MR) is 72.8 cm³/mol. The lowest BCUT2D eigenvalue weighted by Gasteiger charge is -2.08. The molecule has 0 saturated heterocycles. The molecular weight excluding hydrogens is 228 g/mol. The van der Waals surface area contributed by atoms with Gasteiger partial charge in [0.15, 0.2) is 0 Å². The Hall–Kier alpha value is -1.13. The molecule has 0 spiro atoms. The second kappa shape index (κ2) is 8.89. The van der Waals surface area contributed by atoms with Crippen LogP contribution in [-0.4, -0.2) is 31.3 Å². The normalized spacial score (nSPS) is 10.9. The molecule has 0 bridgehead atoms. The van der Waals surface area contributed by atoms with Gasteiger partial charge in [-0.05, 0) is 39.3 Å². The van der Waals surface area contributed by atoms with Gasteiger partial charge in [0, 0.05) is 19.2 Å². The van der Waals surface area contributed by atoms with E-state index in [-0.39, 0.29) is 0 Å². The highest BCUT2D eigenvalue weighted by Gasteiger charge is 1.97. The minimum Gasteiger partial charge on any atom is -0.481 e. The van der Waals surface area contributed by atoms with Crippen LogP contribution in [0.2, 0.25) is 0 Å². The number of unbranched alkanes of at least 4 members (excludes halogenated alkanes) is 1. The van der Waals surface area contributed by atoms with Crippen molar-refractivity contribution in [3.05, 3.63) is 23.9 Å². The first kappa shape index (κ1) is 14.9. The van der Waals surface area contributed by atoms with Gasteiger partial charge < -0.3 is 14.8 Å². The molecule has 0 atom stereocenters. The molecule has 0 aliphatic rings. The Morgan fingerprint density at radius 3 is 2.83 bits per heavy atom. The zero-order chi connectivity index (χ0) is 13.2. The van der Waals surface area contributed by atoms with Crippen molar-refractivity contribution in [2.75, 3.05) is 20.3 Å². The minimum atomic E-state index is 0.332. The Morgan fingerprint density at radius 1 is 1.28 bits per heavy atom. The van der Waals surface area contributed by atoms with E-state index in [4.69, 9.17) is 9.47 Å². The summed E-state index contributed by atoms with van der Waals surface area (Å²) in [5, 5.41) is 3.37. The molecule has 0 saturated carbocycles. The molecule has 0 radical (unpaired) electrons. The molecule has 1 N–H and O–H groups in total. The van der Waals surface area contributed by atoms with Crippen LogP contribution in [0.1, 0.15) is 32.4 Å². The van der Waals surface area contributed by atoms with Gasteiger partial charge in [0.05, 0.1) is 18.9 Å². The van der Waals surface area contributed by atoms with Crippen molar-refractivity contribution in [2.24, 2.45) is 0 Å². The highest BCUT2D eigenvalue weighted by molar-refractivity contribution is 5.15. The Balaban J connectivity index is 2.06. The number of nitrogens with zero attached hydrogens (tertiary/aromatic N) is 1. The summed E-state index contributed by atoms with van der Waals surface area (Å²) in [5.41, 5.74) is 1.01. The van der Waals surface area contributed by atoms with Gasteiger partial charge in [-0.2, -0.15) is 0 Å². The summed E-state index contributed by atoms with van der Waals surface area (Å²) in [6.07, 6.45) is 2.55. The lowest BCUT2D eigenvalue weighted by molar-refractivity contribution is 0.0760. The van der Waals surface area contributed by atoms with Gasteiger partial charge in [0.2, 0.25) is 5.88 Å². The first-order valence-electron chi connectivity index (χ1n) is 6.54. The van der Waals surface area contributed by atoms with Gasteiger partial charge in [0.1, 0.15) is 0 Å². The number of methoxy groups -OCH3 is 1. The Labute approximate surface area is 110 Å². The van der Waals surface area contributed by atoms with Crippen molar-refractivity contribution < 1.29 is 9.47 Å². The van der Waals surface area contributed by atoms with Crippen LogP contribution >= 0.6 is 0 Å². The number of aromatic nitrogens is 1. The van der Waals surface area contributed by atoms with Crippen LogP contribution in [0.3, 0.4) is 0 Å². The Bertz CT molecular complexity index is 329. The smallest absolute Gasteiger partial charge is 0.213 e. The van der Waals surface area contributed by atoms with E-state index in [2.05, 4.69) is 24.1 Å². The van der Waals surface area contributed by atoms with Gasteiger partial charge in [-0.25, -0.2) is 4.98 Å². The average Bonchev–Trinajstić information content (AvgIpc) is 2.37. The maximum absolute atomic E-state index is 5.48. The number of ether oxygens (including phenoxy) is 2. The molecule has 0 unspecified atom stereocenters. The molecule has 1 heterocycles. The summed E-state index contributed by atoms with van der Waals surface area (Å²) in [5.74, 6) is 0.666. The van der Waals surface area contributed by atoms with Crippen LogP contribution < -0.4 is 10.1 Å². The third-order valence-electron chi connectivity index (χ3n) is 2.50. The molecule has 0 aliphatic carbocycles. The fourth-order valence-corrected chi connectivity index (χ4v) is 1.56. The molecule has 18 heavy (non-hydrogen) atoms. The van der Waals surface area contributed by atoms with Crippen molar-refractivity contribution in [1.29, 1.82) is 0 Å². The molecule has 1 aromatic rings.